The van der Waals surface area contributed by atoms with Gasteiger partial charge in [0.2, 0.25) is 0 Å². The summed E-state index contributed by atoms with van der Waals surface area (Å²) in [5.74, 6) is -1.19. The molecule has 0 aliphatic carbocycles. The van der Waals surface area contributed by atoms with Crippen LogP contribution in [0.4, 0.5) is 17.1 Å². The second-order valence-electron chi connectivity index (χ2n) is 6.05. The van der Waals surface area contributed by atoms with Crippen molar-refractivity contribution in [3.05, 3.63) is 106 Å². The highest BCUT2D eigenvalue weighted by Gasteiger charge is 2.19. The highest BCUT2D eigenvalue weighted by Crippen LogP contribution is 2.17. The summed E-state index contributed by atoms with van der Waals surface area (Å²) >= 11 is 0. The molecule has 29 heavy (non-hydrogen) atoms. The lowest BCUT2D eigenvalue weighted by Gasteiger charge is -2.10. The predicted octanol–water partition coefficient (Wildman–Crippen LogP) is 4.26. The topological polar surface area (TPSA) is 101 Å². The number of nitro benzene ring substituents is 1. The van der Waals surface area contributed by atoms with Gasteiger partial charge in [0.1, 0.15) is 5.57 Å². The number of hydrogen-bond donors (Lipinski definition) is 2. The number of nitrogens with one attached hydrogen (secondary N) is 2. The number of hydrogen-bond acceptors (Lipinski definition) is 4. The molecule has 7 nitrogen and oxygen atoms in total. The van der Waals surface area contributed by atoms with E-state index >= 15 is 0 Å². The van der Waals surface area contributed by atoms with E-state index in [4.69, 9.17) is 0 Å². The number of amides is 2. The standard InChI is InChI=1S/C22H17N3O4/c26-21(23-17-7-3-1-4-8-17)20(22(27)24-18-9-5-2-6-10-18)15-16-11-13-19(14-12-16)25(28)29/h1-15H,(H,23,26)(H,24,27). The molecule has 0 aliphatic rings. The fourth-order valence-electron chi connectivity index (χ4n) is 2.53. The van der Waals surface area contributed by atoms with Crippen molar-refractivity contribution in [1.29, 1.82) is 0 Å². The first-order valence-electron chi connectivity index (χ1n) is 8.72. The van der Waals surface area contributed by atoms with Crippen LogP contribution in [0.25, 0.3) is 6.08 Å². The first kappa shape index (κ1) is 19.5. The van der Waals surface area contributed by atoms with Gasteiger partial charge in [-0.3, -0.25) is 19.7 Å². The lowest BCUT2D eigenvalue weighted by molar-refractivity contribution is -0.384. The van der Waals surface area contributed by atoms with Gasteiger partial charge in [0.15, 0.2) is 0 Å². The molecule has 3 aromatic rings. The third-order valence-electron chi connectivity index (χ3n) is 3.97. The lowest BCUT2D eigenvalue weighted by atomic mass is 10.1. The number of nitrogens with zero attached hydrogens (tertiary/aromatic N) is 1. The largest absolute Gasteiger partial charge is 0.322 e. The Morgan fingerprint density at radius 1 is 0.724 bits per heavy atom. The predicted molar refractivity (Wildman–Crippen MR) is 111 cm³/mol. The van der Waals surface area contributed by atoms with E-state index in [1.165, 1.54) is 30.3 Å². The summed E-state index contributed by atoms with van der Waals surface area (Å²) in [6.45, 7) is 0. The zero-order valence-electron chi connectivity index (χ0n) is 15.2. The molecular formula is C22H17N3O4. The Labute approximate surface area is 166 Å². The minimum absolute atomic E-state index is 0.0776. The molecule has 0 radical (unpaired) electrons. The Hall–Kier alpha value is -4.26. The van der Waals surface area contributed by atoms with Gasteiger partial charge in [-0.05, 0) is 48.0 Å². The van der Waals surface area contributed by atoms with Gasteiger partial charge in [-0.2, -0.15) is 0 Å². The Kier molecular flexibility index (Phi) is 6.12. The molecule has 0 fully saturated rings. The van der Waals surface area contributed by atoms with Crippen LogP contribution >= 0.6 is 0 Å². The summed E-state index contributed by atoms with van der Waals surface area (Å²) in [6.07, 6.45) is 1.39. The first-order valence-corrected chi connectivity index (χ1v) is 8.72. The maximum atomic E-state index is 12.8. The van der Waals surface area contributed by atoms with Crippen molar-refractivity contribution in [2.45, 2.75) is 0 Å². The summed E-state index contributed by atoms with van der Waals surface area (Å²) in [6, 6.07) is 23.1. The number of para-hydroxylation sites is 2. The van der Waals surface area contributed by atoms with Crippen molar-refractivity contribution in [3.63, 3.8) is 0 Å². The van der Waals surface area contributed by atoms with Gasteiger partial charge in [-0.25, -0.2) is 0 Å². The van der Waals surface area contributed by atoms with E-state index in [-0.39, 0.29) is 11.3 Å². The molecule has 3 rings (SSSR count). The molecule has 144 valence electrons. The van der Waals surface area contributed by atoms with E-state index in [1.807, 2.05) is 12.1 Å². The third-order valence-corrected chi connectivity index (χ3v) is 3.97. The van der Waals surface area contributed by atoms with Gasteiger partial charge in [-0.15, -0.1) is 0 Å². The Bertz CT molecular complexity index is 991. The average Bonchev–Trinajstić information content (AvgIpc) is 2.73. The summed E-state index contributed by atoms with van der Waals surface area (Å²) in [5, 5.41) is 16.2. The minimum atomic E-state index is -0.594. The van der Waals surface area contributed by atoms with Crippen LogP contribution in [0.3, 0.4) is 0 Å². The van der Waals surface area contributed by atoms with Gasteiger partial charge >= 0.3 is 0 Å². The van der Waals surface area contributed by atoms with Gasteiger partial charge in [-0.1, -0.05) is 36.4 Å². The van der Waals surface area contributed by atoms with Crippen LogP contribution < -0.4 is 10.6 Å². The molecule has 0 atom stereocenters. The fourth-order valence-corrected chi connectivity index (χ4v) is 2.53. The molecule has 0 aliphatic heterocycles. The number of rotatable bonds is 6. The van der Waals surface area contributed by atoms with Crippen molar-refractivity contribution in [2.24, 2.45) is 0 Å². The van der Waals surface area contributed by atoms with Crippen molar-refractivity contribution in [1.82, 2.24) is 0 Å². The van der Waals surface area contributed by atoms with Crippen LogP contribution in [0.5, 0.6) is 0 Å². The molecule has 0 unspecified atom stereocenters. The smallest absolute Gasteiger partial charge is 0.269 e. The zero-order chi connectivity index (χ0) is 20.6. The Morgan fingerprint density at radius 3 is 1.59 bits per heavy atom. The van der Waals surface area contributed by atoms with Crippen LogP contribution in [0.15, 0.2) is 90.5 Å². The van der Waals surface area contributed by atoms with Gasteiger partial charge in [0, 0.05) is 23.5 Å². The quantitative estimate of drug-likeness (QED) is 0.217. The van der Waals surface area contributed by atoms with Crippen LogP contribution in [0, 0.1) is 10.1 Å². The summed E-state index contributed by atoms with van der Waals surface area (Å²) < 4.78 is 0. The summed E-state index contributed by atoms with van der Waals surface area (Å²) in [5.41, 5.74) is 1.36. The van der Waals surface area contributed by atoms with Gasteiger partial charge in [0.05, 0.1) is 4.92 Å². The van der Waals surface area contributed by atoms with Crippen molar-refractivity contribution >= 4 is 35.0 Å². The van der Waals surface area contributed by atoms with Crippen molar-refractivity contribution in [3.8, 4) is 0 Å². The molecule has 0 bridgehead atoms. The number of benzene rings is 3. The van der Waals surface area contributed by atoms with Crippen molar-refractivity contribution in [2.75, 3.05) is 10.6 Å². The molecule has 0 saturated heterocycles. The molecule has 0 heterocycles. The molecule has 7 heteroatoms. The highest BCUT2D eigenvalue weighted by molar-refractivity contribution is 6.28. The van der Waals surface area contributed by atoms with Crippen LogP contribution in [-0.4, -0.2) is 16.7 Å². The van der Waals surface area contributed by atoms with E-state index in [1.54, 1.807) is 48.5 Å². The van der Waals surface area contributed by atoms with E-state index in [9.17, 15) is 19.7 Å². The minimum Gasteiger partial charge on any atom is -0.322 e. The number of carbonyl (C=O) groups excluding carboxylic acids is 2. The maximum Gasteiger partial charge on any atom is 0.269 e. The number of non-ortho nitro benzene ring substituents is 1. The second-order valence-corrected chi connectivity index (χ2v) is 6.05. The van der Waals surface area contributed by atoms with Crippen LogP contribution in [0.2, 0.25) is 0 Å². The van der Waals surface area contributed by atoms with E-state index in [0.29, 0.717) is 16.9 Å². The molecule has 0 aromatic heterocycles. The Balaban J connectivity index is 1.90. The van der Waals surface area contributed by atoms with Crippen LogP contribution in [0.1, 0.15) is 5.56 Å². The van der Waals surface area contributed by atoms with Gasteiger partial charge < -0.3 is 10.6 Å². The first-order chi connectivity index (χ1) is 14.0. The number of carbonyl (C=O) groups is 2. The second kappa shape index (κ2) is 9.09. The Morgan fingerprint density at radius 2 is 1.17 bits per heavy atom. The van der Waals surface area contributed by atoms with Crippen molar-refractivity contribution < 1.29 is 14.5 Å². The molecule has 2 amide bonds. The summed E-state index contributed by atoms with van der Waals surface area (Å²) in [7, 11) is 0. The monoisotopic (exact) mass is 387 g/mol. The van der Waals surface area contributed by atoms with E-state index in [2.05, 4.69) is 10.6 Å². The number of anilines is 2. The highest BCUT2D eigenvalue weighted by atomic mass is 16.6. The SMILES string of the molecule is O=C(Nc1ccccc1)C(=Cc1ccc([N+](=O)[O-])cc1)C(=O)Nc1ccccc1. The zero-order valence-corrected chi connectivity index (χ0v) is 15.2. The molecule has 3 aromatic carbocycles. The fraction of sp³-hybridized carbons (Fsp3) is 0. The van der Waals surface area contributed by atoms with Gasteiger partial charge in [0.25, 0.3) is 17.5 Å². The summed E-state index contributed by atoms with van der Waals surface area (Å²) in [4.78, 5) is 35.9. The lowest BCUT2D eigenvalue weighted by Crippen LogP contribution is -2.25. The van der Waals surface area contributed by atoms with Crippen LogP contribution in [-0.2, 0) is 9.59 Å². The molecular weight excluding hydrogens is 370 g/mol. The maximum absolute atomic E-state index is 12.8. The van der Waals surface area contributed by atoms with E-state index in [0.717, 1.165) is 0 Å². The van der Waals surface area contributed by atoms with E-state index < -0.39 is 16.7 Å². The average molecular weight is 387 g/mol. The molecule has 0 spiro atoms. The molecule has 0 saturated carbocycles. The molecule has 2 N–H and O–H groups in total. The normalized spacial score (nSPS) is 9.93. The third kappa shape index (κ3) is 5.36. The number of nitro groups is 1.